The van der Waals surface area contributed by atoms with Gasteiger partial charge in [0.15, 0.2) is 0 Å². The molecule has 0 saturated carbocycles. The third-order valence-corrected chi connectivity index (χ3v) is 6.32. The van der Waals surface area contributed by atoms with E-state index in [4.69, 9.17) is 8.85 Å². The first kappa shape index (κ1) is 17.9. The van der Waals surface area contributed by atoms with E-state index in [1.54, 1.807) is 11.1 Å². The van der Waals surface area contributed by atoms with Crippen molar-refractivity contribution in [3.63, 3.8) is 0 Å². The predicted molar refractivity (Wildman–Crippen MR) is 89.4 cm³/mol. The summed E-state index contributed by atoms with van der Waals surface area (Å²) >= 11 is 0. The van der Waals surface area contributed by atoms with Gasteiger partial charge in [0, 0.05) is 18.9 Å². The fraction of sp³-hybridized carbons (Fsp3) is 0.500. The van der Waals surface area contributed by atoms with Crippen LogP contribution in [0, 0.1) is 0 Å². The summed E-state index contributed by atoms with van der Waals surface area (Å²) in [5, 5.41) is 10.4. The van der Waals surface area contributed by atoms with Gasteiger partial charge in [-0.3, -0.25) is 0 Å². The van der Waals surface area contributed by atoms with Gasteiger partial charge < -0.3 is 18.9 Å². The summed E-state index contributed by atoms with van der Waals surface area (Å²) in [7, 11) is -2.19. The molecule has 0 amide bonds. The molecule has 0 aromatic heterocycles. The summed E-state index contributed by atoms with van der Waals surface area (Å²) in [5.74, 6) is 0. The molecule has 0 aliphatic heterocycles. The molecule has 1 aromatic rings. The van der Waals surface area contributed by atoms with E-state index < -0.39 is 14.8 Å². The van der Waals surface area contributed by atoms with Gasteiger partial charge in [-0.2, -0.15) is 0 Å². The molecular formula is C16H27NO3Si. The number of benzene rings is 1. The molecule has 1 atom stereocenters. The Hall–Kier alpha value is -1.14. The zero-order valence-electron chi connectivity index (χ0n) is 13.3. The molecule has 4 nitrogen and oxygen atoms in total. The second-order valence-corrected chi connectivity index (χ2v) is 8.29. The first-order valence-electron chi connectivity index (χ1n) is 7.48. The predicted octanol–water partition coefficient (Wildman–Crippen LogP) is 3.49. The van der Waals surface area contributed by atoms with Crippen LogP contribution >= 0.6 is 0 Å². The highest BCUT2D eigenvalue weighted by Gasteiger charge is 2.32. The molecule has 5 heteroatoms. The van der Waals surface area contributed by atoms with Crippen LogP contribution in [0.25, 0.3) is 0 Å². The number of rotatable bonds is 10. The van der Waals surface area contributed by atoms with Crippen LogP contribution in [0.5, 0.6) is 0 Å². The van der Waals surface area contributed by atoms with Crippen molar-refractivity contribution in [3.05, 3.63) is 43.1 Å². The average molecular weight is 309 g/mol. The Bertz CT molecular complexity index is 407. The SMILES string of the molecule is C=CN(c1ccccc1)C(O)CC[Si](C)(OCC)OCC. The second-order valence-electron chi connectivity index (χ2n) is 4.94. The molecule has 1 N–H and O–H groups in total. The van der Waals surface area contributed by atoms with Crippen molar-refractivity contribution in [1.29, 1.82) is 0 Å². The first-order valence-corrected chi connectivity index (χ1v) is 10.0. The van der Waals surface area contributed by atoms with Crippen molar-refractivity contribution in [3.8, 4) is 0 Å². The normalized spacial score (nSPS) is 13.0. The quantitative estimate of drug-likeness (QED) is 0.531. The molecule has 118 valence electrons. The molecule has 0 aliphatic carbocycles. The number of nitrogens with zero attached hydrogens (tertiary/aromatic N) is 1. The van der Waals surface area contributed by atoms with Crippen LogP contribution in [0.15, 0.2) is 43.1 Å². The average Bonchev–Trinajstić information content (AvgIpc) is 2.48. The van der Waals surface area contributed by atoms with E-state index in [-0.39, 0.29) is 0 Å². The Morgan fingerprint density at radius 3 is 2.29 bits per heavy atom. The summed E-state index contributed by atoms with van der Waals surface area (Å²) in [6.07, 6.45) is 1.61. The van der Waals surface area contributed by atoms with Gasteiger partial charge in [0.2, 0.25) is 0 Å². The zero-order valence-corrected chi connectivity index (χ0v) is 14.3. The summed E-state index contributed by atoms with van der Waals surface area (Å²) in [5.41, 5.74) is 0.927. The highest BCUT2D eigenvalue weighted by atomic mass is 28.4. The van der Waals surface area contributed by atoms with E-state index >= 15 is 0 Å². The molecule has 0 fully saturated rings. The number of anilines is 1. The first-order chi connectivity index (χ1) is 10.1. The van der Waals surface area contributed by atoms with Gasteiger partial charge in [-0.1, -0.05) is 24.8 Å². The molecule has 0 spiro atoms. The lowest BCUT2D eigenvalue weighted by molar-refractivity contribution is 0.155. The minimum absolute atomic E-state index is 0.587. The van der Waals surface area contributed by atoms with Crippen molar-refractivity contribution < 1.29 is 14.0 Å². The van der Waals surface area contributed by atoms with Crippen molar-refractivity contribution >= 4 is 14.2 Å². The lowest BCUT2D eigenvalue weighted by atomic mass is 10.2. The number of aliphatic hydroxyl groups excluding tert-OH is 1. The van der Waals surface area contributed by atoms with Crippen LogP contribution in [0.3, 0.4) is 0 Å². The lowest BCUT2D eigenvalue weighted by Crippen LogP contribution is -2.41. The molecule has 0 bridgehead atoms. The summed E-state index contributed by atoms with van der Waals surface area (Å²) in [6, 6.07) is 10.5. The van der Waals surface area contributed by atoms with Crippen molar-refractivity contribution in [2.24, 2.45) is 0 Å². The lowest BCUT2D eigenvalue weighted by Gasteiger charge is -2.30. The van der Waals surface area contributed by atoms with Gasteiger partial charge in [-0.15, -0.1) is 0 Å². The van der Waals surface area contributed by atoms with Crippen LogP contribution in [0.4, 0.5) is 5.69 Å². The minimum atomic E-state index is -2.19. The van der Waals surface area contributed by atoms with E-state index in [2.05, 4.69) is 6.58 Å². The molecule has 1 aromatic carbocycles. The number of para-hydroxylation sites is 1. The summed E-state index contributed by atoms with van der Waals surface area (Å²) in [6.45, 7) is 11.1. The largest absolute Gasteiger partial charge is 0.395 e. The fourth-order valence-corrected chi connectivity index (χ4v) is 4.70. The van der Waals surface area contributed by atoms with E-state index in [1.165, 1.54) is 0 Å². The molecular weight excluding hydrogens is 282 g/mol. The van der Waals surface area contributed by atoms with Crippen LogP contribution in [-0.2, 0) is 8.85 Å². The van der Waals surface area contributed by atoms with Crippen LogP contribution in [0.1, 0.15) is 20.3 Å². The Labute approximate surface area is 129 Å². The zero-order chi connectivity index (χ0) is 15.7. The number of hydrogen-bond acceptors (Lipinski definition) is 4. The van der Waals surface area contributed by atoms with Gasteiger partial charge in [0.25, 0.3) is 0 Å². The topological polar surface area (TPSA) is 41.9 Å². The molecule has 0 radical (unpaired) electrons. The smallest absolute Gasteiger partial charge is 0.335 e. The fourth-order valence-electron chi connectivity index (χ4n) is 2.33. The van der Waals surface area contributed by atoms with Gasteiger partial charge in [-0.25, -0.2) is 0 Å². The summed E-state index contributed by atoms with van der Waals surface area (Å²) < 4.78 is 11.6. The van der Waals surface area contributed by atoms with E-state index in [9.17, 15) is 5.11 Å². The highest BCUT2D eigenvalue weighted by Crippen LogP contribution is 2.22. The standard InChI is InChI=1S/C16H27NO3Si/c1-5-17(15-11-9-8-10-12-15)16(18)13-14-21(4,19-6-2)20-7-3/h5,8-12,16,18H,1,6-7,13-14H2,2-4H3. The van der Waals surface area contributed by atoms with Crippen LogP contribution < -0.4 is 4.90 Å². The Kier molecular flexibility index (Phi) is 7.67. The van der Waals surface area contributed by atoms with Crippen LogP contribution in [-0.4, -0.2) is 33.1 Å². The second kappa shape index (κ2) is 8.99. The molecule has 1 unspecified atom stereocenters. The van der Waals surface area contributed by atoms with E-state index in [1.807, 2.05) is 50.7 Å². The van der Waals surface area contributed by atoms with Gasteiger partial charge in [0.1, 0.15) is 6.23 Å². The Morgan fingerprint density at radius 2 is 1.81 bits per heavy atom. The van der Waals surface area contributed by atoms with Gasteiger partial charge in [-0.05, 0) is 51.2 Å². The van der Waals surface area contributed by atoms with E-state index in [0.717, 1.165) is 11.7 Å². The maximum absolute atomic E-state index is 10.4. The van der Waals surface area contributed by atoms with Crippen molar-refractivity contribution in [1.82, 2.24) is 0 Å². The van der Waals surface area contributed by atoms with Crippen molar-refractivity contribution in [2.45, 2.75) is 39.1 Å². The molecule has 0 saturated heterocycles. The van der Waals surface area contributed by atoms with E-state index in [0.29, 0.717) is 19.6 Å². The summed E-state index contributed by atoms with van der Waals surface area (Å²) in [4.78, 5) is 1.77. The minimum Gasteiger partial charge on any atom is -0.395 e. The third kappa shape index (κ3) is 5.63. The molecule has 21 heavy (non-hydrogen) atoms. The maximum atomic E-state index is 10.4. The Morgan fingerprint density at radius 1 is 1.24 bits per heavy atom. The molecule has 0 aliphatic rings. The highest BCUT2D eigenvalue weighted by molar-refractivity contribution is 6.66. The molecule has 1 rings (SSSR count). The maximum Gasteiger partial charge on any atom is 0.335 e. The van der Waals surface area contributed by atoms with Crippen LogP contribution in [0.2, 0.25) is 12.6 Å². The monoisotopic (exact) mass is 309 g/mol. The van der Waals surface area contributed by atoms with Crippen molar-refractivity contribution in [2.75, 3.05) is 18.1 Å². The van der Waals surface area contributed by atoms with Gasteiger partial charge >= 0.3 is 8.56 Å². The van der Waals surface area contributed by atoms with Gasteiger partial charge in [0.05, 0.1) is 0 Å². The number of aliphatic hydroxyl groups is 1. The number of hydrogen-bond donors (Lipinski definition) is 1. The molecule has 0 heterocycles. The third-order valence-electron chi connectivity index (χ3n) is 3.33. The Balaban J connectivity index is 2.65.